The van der Waals surface area contributed by atoms with Crippen molar-refractivity contribution in [3.05, 3.63) is 64.1 Å². The highest BCUT2D eigenvalue weighted by atomic mass is 35.5. The van der Waals surface area contributed by atoms with Crippen LogP contribution in [0.4, 0.5) is 5.69 Å². The van der Waals surface area contributed by atoms with Crippen LogP contribution in [-0.2, 0) is 26.2 Å². The molecular formula is C23H29Cl2N3O4S. The standard InChI is InChI=1S/C23H29Cl2N3O4S/c1-16(2)13-26-23(30)17(3)27(14-18-8-10-19(24)11-9-18)22(29)15-28(33(4,31)32)21-7-5-6-20(25)12-21/h5-12,16-17H,13-15H2,1-4H3,(H,26,30)/t17-/m1/s1. The molecule has 0 aliphatic rings. The molecule has 0 bridgehead atoms. The van der Waals surface area contributed by atoms with Crippen molar-refractivity contribution in [3.8, 4) is 0 Å². The van der Waals surface area contributed by atoms with Crippen LogP contribution in [0.1, 0.15) is 26.3 Å². The summed E-state index contributed by atoms with van der Waals surface area (Å²) in [6.07, 6.45) is 1.02. The van der Waals surface area contributed by atoms with E-state index < -0.39 is 28.5 Å². The third-order valence-electron chi connectivity index (χ3n) is 4.89. The first-order valence-corrected chi connectivity index (χ1v) is 13.0. The molecule has 0 heterocycles. The Morgan fingerprint density at radius 1 is 1.00 bits per heavy atom. The Labute approximate surface area is 205 Å². The zero-order valence-electron chi connectivity index (χ0n) is 19.1. The molecule has 1 atom stereocenters. The molecule has 0 radical (unpaired) electrons. The Hall–Kier alpha value is -2.29. The number of hydrogen-bond donors (Lipinski definition) is 1. The van der Waals surface area contributed by atoms with Gasteiger partial charge in [-0.3, -0.25) is 13.9 Å². The highest BCUT2D eigenvalue weighted by molar-refractivity contribution is 7.92. The Morgan fingerprint density at radius 2 is 1.64 bits per heavy atom. The van der Waals surface area contributed by atoms with E-state index in [1.807, 2.05) is 13.8 Å². The Kier molecular flexibility index (Phi) is 9.57. The van der Waals surface area contributed by atoms with Crippen molar-refractivity contribution in [3.63, 3.8) is 0 Å². The van der Waals surface area contributed by atoms with Crippen LogP contribution in [0.3, 0.4) is 0 Å². The smallest absolute Gasteiger partial charge is 0.244 e. The predicted octanol–water partition coefficient (Wildman–Crippen LogP) is 3.95. The first-order valence-electron chi connectivity index (χ1n) is 10.4. The van der Waals surface area contributed by atoms with Crippen molar-refractivity contribution in [2.75, 3.05) is 23.7 Å². The number of nitrogens with zero attached hydrogens (tertiary/aromatic N) is 2. The van der Waals surface area contributed by atoms with Gasteiger partial charge in [0.2, 0.25) is 21.8 Å². The van der Waals surface area contributed by atoms with Crippen molar-refractivity contribution < 1.29 is 18.0 Å². The van der Waals surface area contributed by atoms with Gasteiger partial charge in [-0.2, -0.15) is 0 Å². The van der Waals surface area contributed by atoms with E-state index >= 15 is 0 Å². The van der Waals surface area contributed by atoms with Crippen molar-refractivity contribution >= 4 is 50.7 Å². The molecule has 0 saturated heterocycles. The van der Waals surface area contributed by atoms with E-state index in [9.17, 15) is 18.0 Å². The molecule has 2 rings (SSSR count). The van der Waals surface area contributed by atoms with Gasteiger partial charge in [0.15, 0.2) is 0 Å². The summed E-state index contributed by atoms with van der Waals surface area (Å²) >= 11 is 12.0. The van der Waals surface area contributed by atoms with Crippen molar-refractivity contribution in [2.24, 2.45) is 5.92 Å². The van der Waals surface area contributed by atoms with Gasteiger partial charge >= 0.3 is 0 Å². The number of anilines is 1. The summed E-state index contributed by atoms with van der Waals surface area (Å²) in [5.41, 5.74) is 1.02. The minimum atomic E-state index is -3.80. The number of nitrogens with one attached hydrogen (secondary N) is 1. The summed E-state index contributed by atoms with van der Waals surface area (Å²) in [7, 11) is -3.80. The van der Waals surface area contributed by atoms with E-state index in [1.165, 1.54) is 11.0 Å². The van der Waals surface area contributed by atoms with Crippen LogP contribution in [-0.4, -0.2) is 50.5 Å². The average molecular weight is 514 g/mol. The lowest BCUT2D eigenvalue weighted by Gasteiger charge is -2.31. The summed E-state index contributed by atoms with van der Waals surface area (Å²) in [6.45, 7) is 5.65. The van der Waals surface area contributed by atoms with Gasteiger partial charge in [-0.25, -0.2) is 8.42 Å². The van der Waals surface area contributed by atoms with Gasteiger partial charge in [0.25, 0.3) is 0 Å². The quantitative estimate of drug-likeness (QED) is 0.520. The first-order chi connectivity index (χ1) is 15.4. The number of halogens is 2. The maximum Gasteiger partial charge on any atom is 0.244 e. The summed E-state index contributed by atoms with van der Waals surface area (Å²) in [4.78, 5) is 27.5. The third-order valence-corrected chi connectivity index (χ3v) is 6.52. The van der Waals surface area contributed by atoms with Gasteiger partial charge in [-0.15, -0.1) is 0 Å². The molecule has 10 heteroatoms. The average Bonchev–Trinajstić information content (AvgIpc) is 2.73. The zero-order valence-corrected chi connectivity index (χ0v) is 21.4. The molecule has 2 aromatic rings. The third kappa shape index (κ3) is 8.21. The van der Waals surface area contributed by atoms with Crippen molar-refractivity contribution in [1.29, 1.82) is 0 Å². The number of carbonyl (C=O) groups excluding carboxylic acids is 2. The van der Waals surface area contributed by atoms with E-state index in [0.717, 1.165) is 16.1 Å². The number of carbonyl (C=O) groups is 2. The second-order valence-corrected chi connectivity index (χ2v) is 11.0. The molecule has 33 heavy (non-hydrogen) atoms. The molecular weight excluding hydrogens is 485 g/mol. The largest absolute Gasteiger partial charge is 0.354 e. The summed E-state index contributed by atoms with van der Waals surface area (Å²) in [5, 5.41) is 3.72. The summed E-state index contributed by atoms with van der Waals surface area (Å²) < 4.78 is 26.0. The van der Waals surface area contributed by atoms with Gasteiger partial charge in [0, 0.05) is 23.1 Å². The minimum absolute atomic E-state index is 0.111. The van der Waals surface area contributed by atoms with E-state index in [-0.39, 0.29) is 24.1 Å². The van der Waals surface area contributed by atoms with Crippen LogP contribution in [0.25, 0.3) is 0 Å². The summed E-state index contributed by atoms with van der Waals surface area (Å²) in [5.74, 6) is -0.604. The fourth-order valence-corrected chi connectivity index (χ4v) is 4.22. The van der Waals surface area contributed by atoms with Crippen LogP contribution in [0, 0.1) is 5.92 Å². The maximum atomic E-state index is 13.4. The van der Waals surface area contributed by atoms with E-state index in [2.05, 4.69) is 5.32 Å². The number of hydrogen-bond acceptors (Lipinski definition) is 4. The maximum absolute atomic E-state index is 13.4. The van der Waals surface area contributed by atoms with Crippen LogP contribution in [0.5, 0.6) is 0 Å². The van der Waals surface area contributed by atoms with Crippen LogP contribution in [0.15, 0.2) is 48.5 Å². The topological polar surface area (TPSA) is 86.8 Å². The van der Waals surface area contributed by atoms with Crippen molar-refractivity contribution in [1.82, 2.24) is 10.2 Å². The van der Waals surface area contributed by atoms with E-state index in [1.54, 1.807) is 49.4 Å². The Bertz CT molecular complexity index is 1080. The van der Waals surface area contributed by atoms with Gasteiger partial charge in [0.1, 0.15) is 12.6 Å². The lowest BCUT2D eigenvalue weighted by atomic mass is 10.1. The SMILES string of the molecule is CC(C)CNC(=O)[C@@H](C)N(Cc1ccc(Cl)cc1)C(=O)CN(c1cccc(Cl)c1)S(C)(=O)=O. The van der Waals surface area contributed by atoms with Gasteiger partial charge in [-0.1, -0.05) is 55.2 Å². The van der Waals surface area contributed by atoms with Gasteiger partial charge in [-0.05, 0) is 48.7 Å². The molecule has 180 valence electrons. The fraction of sp³-hybridized carbons (Fsp3) is 0.391. The van der Waals surface area contributed by atoms with Gasteiger partial charge < -0.3 is 10.2 Å². The minimum Gasteiger partial charge on any atom is -0.354 e. The molecule has 0 aliphatic carbocycles. The molecule has 1 N–H and O–H groups in total. The Balaban J connectivity index is 2.35. The molecule has 0 unspecified atom stereocenters. The molecule has 2 aromatic carbocycles. The molecule has 0 saturated carbocycles. The first kappa shape index (κ1) is 27.0. The highest BCUT2D eigenvalue weighted by Crippen LogP contribution is 2.22. The second kappa shape index (κ2) is 11.7. The molecule has 2 amide bonds. The van der Waals surface area contributed by atoms with E-state index in [0.29, 0.717) is 16.6 Å². The molecule has 0 fully saturated rings. The van der Waals surface area contributed by atoms with Crippen LogP contribution >= 0.6 is 23.2 Å². The normalized spacial score (nSPS) is 12.3. The summed E-state index contributed by atoms with van der Waals surface area (Å²) in [6, 6.07) is 12.3. The molecule has 0 spiro atoms. The second-order valence-electron chi connectivity index (χ2n) is 8.21. The predicted molar refractivity (Wildman–Crippen MR) is 133 cm³/mol. The number of benzene rings is 2. The van der Waals surface area contributed by atoms with Crippen LogP contribution in [0.2, 0.25) is 10.0 Å². The van der Waals surface area contributed by atoms with Crippen LogP contribution < -0.4 is 9.62 Å². The molecule has 0 aromatic heterocycles. The number of rotatable bonds is 10. The Morgan fingerprint density at radius 3 is 2.18 bits per heavy atom. The lowest BCUT2D eigenvalue weighted by molar-refractivity contribution is -0.139. The fourth-order valence-electron chi connectivity index (χ4n) is 3.07. The molecule has 0 aliphatic heterocycles. The zero-order chi connectivity index (χ0) is 24.8. The van der Waals surface area contributed by atoms with Crippen molar-refractivity contribution in [2.45, 2.75) is 33.4 Å². The molecule has 7 nitrogen and oxygen atoms in total. The number of amides is 2. The lowest BCUT2D eigenvalue weighted by Crippen LogP contribution is -2.51. The monoisotopic (exact) mass is 513 g/mol. The van der Waals surface area contributed by atoms with Gasteiger partial charge in [0.05, 0.1) is 11.9 Å². The number of sulfonamides is 1. The van der Waals surface area contributed by atoms with E-state index in [4.69, 9.17) is 23.2 Å². The highest BCUT2D eigenvalue weighted by Gasteiger charge is 2.30.